The normalized spacial score (nSPS) is 22.3. The fourth-order valence-electron chi connectivity index (χ4n) is 2.67. The summed E-state index contributed by atoms with van der Waals surface area (Å²) in [7, 11) is 0. The van der Waals surface area contributed by atoms with E-state index in [1.165, 1.54) is 13.8 Å². The van der Waals surface area contributed by atoms with Crippen LogP contribution in [0.15, 0.2) is 17.2 Å². The van der Waals surface area contributed by atoms with Crippen molar-refractivity contribution < 1.29 is 40.3 Å². The molecule has 1 aliphatic rings. The van der Waals surface area contributed by atoms with Gasteiger partial charge in [0.2, 0.25) is 0 Å². The minimum Gasteiger partial charge on any atom is -0.460 e. The summed E-state index contributed by atoms with van der Waals surface area (Å²) in [4.78, 5) is 12.0. The number of esters is 1. The first-order chi connectivity index (χ1) is 11.8. The molecule has 2 atom stereocenters. The highest BCUT2D eigenvalue weighted by molar-refractivity contribution is 6.30. The van der Waals surface area contributed by atoms with Crippen LogP contribution >= 0.6 is 11.6 Å². The van der Waals surface area contributed by atoms with E-state index in [0.29, 0.717) is 6.08 Å². The zero-order valence-electron chi connectivity index (χ0n) is 13.4. The topological polar surface area (TPSA) is 26.3 Å². The Bertz CT molecular complexity index is 745. The first kappa shape index (κ1) is 20.5. The van der Waals surface area contributed by atoms with Gasteiger partial charge in [0.25, 0.3) is 0 Å². The van der Waals surface area contributed by atoms with Crippen LogP contribution in [0.2, 0.25) is 0 Å². The van der Waals surface area contributed by atoms with Crippen molar-refractivity contribution in [3.05, 3.63) is 46.0 Å². The van der Waals surface area contributed by atoms with E-state index in [1.807, 2.05) is 0 Å². The second-order valence-electron chi connectivity index (χ2n) is 6.39. The Hall–Kier alpha value is -1.77. The summed E-state index contributed by atoms with van der Waals surface area (Å²) < 4.78 is 95.3. The Morgan fingerprint density at radius 1 is 1.19 bits per heavy atom. The van der Waals surface area contributed by atoms with E-state index in [4.69, 9.17) is 11.6 Å². The summed E-state index contributed by atoms with van der Waals surface area (Å²) in [6.07, 6.45) is -4.11. The molecule has 0 aliphatic heterocycles. The van der Waals surface area contributed by atoms with Crippen LogP contribution in [-0.4, -0.2) is 12.1 Å². The van der Waals surface area contributed by atoms with Crippen molar-refractivity contribution in [1.29, 1.82) is 0 Å². The van der Waals surface area contributed by atoms with Crippen LogP contribution in [-0.2, 0) is 16.1 Å². The van der Waals surface area contributed by atoms with Gasteiger partial charge >= 0.3 is 12.1 Å². The maximum atomic E-state index is 13.5. The predicted octanol–water partition coefficient (Wildman–Crippen LogP) is 5.24. The van der Waals surface area contributed by atoms with E-state index in [-0.39, 0.29) is 6.07 Å². The molecule has 1 aromatic rings. The van der Waals surface area contributed by atoms with Crippen molar-refractivity contribution in [2.45, 2.75) is 26.6 Å². The van der Waals surface area contributed by atoms with Gasteiger partial charge in [-0.2, -0.15) is 13.2 Å². The highest BCUT2D eigenvalue weighted by Crippen LogP contribution is 2.60. The van der Waals surface area contributed by atoms with Gasteiger partial charge in [0.1, 0.15) is 11.6 Å². The quantitative estimate of drug-likeness (QED) is 0.389. The predicted molar refractivity (Wildman–Crippen MR) is 76.8 cm³/mol. The molecule has 0 radical (unpaired) electrons. The number of alkyl halides is 3. The summed E-state index contributed by atoms with van der Waals surface area (Å²) in [5.74, 6) is -9.80. The van der Waals surface area contributed by atoms with Gasteiger partial charge in [-0.05, 0) is 11.3 Å². The number of hydrogen-bond acceptors (Lipinski definition) is 2. The first-order valence-electron chi connectivity index (χ1n) is 7.21. The minimum atomic E-state index is -4.78. The first-order valence-corrected chi connectivity index (χ1v) is 7.59. The number of ether oxygens (including phenoxy) is 1. The SMILES string of the molecule is CC1(C)[C@H](C(=O)OCc2c(F)c(F)cc(F)c2F)[C@@H]1/C=C(\Cl)C(F)(F)F. The van der Waals surface area contributed by atoms with Gasteiger partial charge in [-0.25, -0.2) is 17.6 Å². The molecule has 0 amide bonds. The van der Waals surface area contributed by atoms with Crippen LogP contribution in [0.3, 0.4) is 0 Å². The minimum absolute atomic E-state index is 0.0000480. The third-order valence-electron chi connectivity index (χ3n) is 4.32. The molecule has 1 aliphatic carbocycles. The van der Waals surface area contributed by atoms with Gasteiger partial charge in [0, 0.05) is 6.07 Å². The molecule has 2 rings (SSSR count). The molecule has 0 aromatic heterocycles. The van der Waals surface area contributed by atoms with Gasteiger partial charge in [-0.3, -0.25) is 4.79 Å². The second-order valence-corrected chi connectivity index (χ2v) is 6.80. The second kappa shape index (κ2) is 6.75. The van der Waals surface area contributed by atoms with E-state index in [0.717, 1.165) is 0 Å². The summed E-state index contributed by atoms with van der Waals surface area (Å²) in [6, 6.07) is -0.0000480. The van der Waals surface area contributed by atoms with E-state index in [9.17, 15) is 35.5 Å². The van der Waals surface area contributed by atoms with Crippen molar-refractivity contribution in [3.63, 3.8) is 0 Å². The molecule has 2 nitrogen and oxygen atoms in total. The molecule has 10 heteroatoms. The smallest absolute Gasteiger partial charge is 0.426 e. The van der Waals surface area contributed by atoms with Gasteiger partial charge in [-0.1, -0.05) is 31.5 Å². The molecule has 0 bridgehead atoms. The van der Waals surface area contributed by atoms with Crippen molar-refractivity contribution >= 4 is 17.6 Å². The van der Waals surface area contributed by atoms with Crippen molar-refractivity contribution in [3.8, 4) is 0 Å². The molecule has 0 heterocycles. The van der Waals surface area contributed by atoms with E-state index >= 15 is 0 Å². The van der Waals surface area contributed by atoms with E-state index in [2.05, 4.69) is 4.74 Å². The lowest BCUT2D eigenvalue weighted by molar-refractivity contribution is -0.147. The summed E-state index contributed by atoms with van der Waals surface area (Å²) in [5.41, 5.74) is -2.07. The molecular formula is C16H12ClF7O2. The standard InChI is InChI=1S/C16H12ClF7O2/c1-15(2)7(3-10(17)16(22,23)24)11(15)14(25)26-5-6-12(20)8(18)4-9(19)13(6)21/h3-4,7,11H,5H2,1-2H3/b10-3-/t7-,11-/m0/s1. The largest absolute Gasteiger partial charge is 0.460 e. The van der Waals surface area contributed by atoms with Crippen LogP contribution in [0.4, 0.5) is 30.7 Å². The Labute approximate surface area is 148 Å². The van der Waals surface area contributed by atoms with Gasteiger partial charge < -0.3 is 4.74 Å². The number of hydrogen-bond donors (Lipinski definition) is 0. The lowest BCUT2D eigenvalue weighted by Crippen LogP contribution is -2.13. The summed E-state index contributed by atoms with van der Waals surface area (Å²) in [5, 5.41) is -1.41. The molecule has 144 valence electrons. The fourth-order valence-corrected chi connectivity index (χ4v) is 2.81. The lowest BCUT2D eigenvalue weighted by Gasteiger charge is -2.09. The average molecular weight is 405 g/mol. The van der Waals surface area contributed by atoms with Crippen LogP contribution in [0.1, 0.15) is 19.4 Å². The monoisotopic (exact) mass is 404 g/mol. The van der Waals surface area contributed by atoms with Crippen molar-refractivity contribution in [2.75, 3.05) is 0 Å². The van der Waals surface area contributed by atoms with Crippen LogP contribution in [0.25, 0.3) is 0 Å². The molecule has 0 N–H and O–H groups in total. The zero-order chi connectivity index (χ0) is 20.0. The highest BCUT2D eigenvalue weighted by atomic mass is 35.5. The van der Waals surface area contributed by atoms with Gasteiger partial charge in [-0.15, -0.1) is 0 Å². The number of allylic oxidation sites excluding steroid dienone is 2. The van der Waals surface area contributed by atoms with Gasteiger partial charge in [0.05, 0.1) is 11.5 Å². The molecule has 26 heavy (non-hydrogen) atoms. The molecule has 1 saturated carbocycles. The number of rotatable bonds is 4. The molecular weight excluding hydrogens is 393 g/mol. The summed E-state index contributed by atoms with van der Waals surface area (Å²) in [6.45, 7) is 1.84. The lowest BCUT2D eigenvalue weighted by atomic mass is 10.1. The Kier molecular flexibility index (Phi) is 5.34. The third-order valence-corrected chi connectivity index (χ3v) is 4.66. The molecule has 1 fully saturated rings. The van der Waals surface area contributed by atoms with E-state index in [1.54, 1.807) is 0 Å². The van der Waals surface area contributed by atoms with Crippen molar-refractivity contribution in [2.24, 2.45) is 17.3 Å². The highest BCUT2D eigenvalue weighted by Gasteiger charge is 2.62. The Balaban J connectivity index is 2.13. The van der Waals surface area contributed by atoms with Crippen LogP contribution in [0, 0.1) is 40.5 Å². The third kappa shape index (κ3) is 3.82. The van der Waals surface area contributed by atoms with Crippen LogP contribution in [0.5, 0.6) is 0 Å². The Morgan fingerprint density at radius 3 is 2.15 bits per heavy atom. The van der Waals surface area contributed by atoms with Crippen molar-refractivity contribution in [1.82, 2.24) is 0 Å². The molecule has 0 unspecified atom stereocenters. The van der Waals surface area contributed by atoms with Gasteiger partial charge in [0.15, 0.2) is 23.3 Å². The average Bonchev–Trinajstić information content (AvgIpc) is 3.04. The van der Waals surface area contributed by atoms with Crippen LogP contribution < -0.4 is 0 Å². The molecule has 0 saturated heterocycles. The zero-order valence-corrected chi connectivity index (χ0v) is 14.1. The number of halogens is 8. The number of carbonyl (C=O) groups excluding carboxylic acids is 1. The molecule has 1 aromatic carbocycles. The Morgan fingerprint density at radius 2 is 1.69 bits per heavy atom. The molecule has 0 spiro atoms. The maximum Gasteiger partial charge on any atom is 0.426 e. The summed E-state index contributed by atoms with van der Waals surface area (Å²) >= 11 is 5.14. The number of carbonyl (C=O) groups is 1. The fraction of sp³-hybridized carbons (Fsp3) is 0.438. The maximum absolute atomic E-state index is 13.5. The number of benzene rings is 1. The van der Waals surface area contributed by atoms with E-state index < -0.39 is 69.9 Å².